The van der Waals surface area contributed by atoms with Gasteiger partial charge in [0.1, 0.15) is 0 Å². The van der Waals surface area contributed by atoms with Crippen LogP contribution in [0.2, 0.25) is 10.3 Å². The van der Waals surface area contributed by atoms with Crippen LogP contribution >= 0.6 is 39.1 Å². The summed E-state index contributed by atoms with van der Waals surface area (Å²) in [5, 5.41) is 3.55. The van der Waals surface area contributed by atoms with Gasteiger partial charge < -0.3 is 10.1 Å². The van der Waals surface area contributed by atoms with E-state index in [-0.39, 0.29) is 17.2 Å². The van der Waals surface area contributed by atoms with Crippen molar-refractivity contribution in [3.63, 3.8) is 0 Å². The van der Waals surface area contributed by atoms with Gasteiger partial charge >= 0.3 is 6.01 Å². The molecule has 0 aliphatic rings. The molecule has 19 heavy (non-hydrogen) atoms. The van der Waals surface area contributed by atoms with Crippen LogP contribution in [-0.4, -0.2) is 21.6 Å². The first kappa shape index (κ1) is 14.3. The summed E-state index contributed by atoms with van der Waals surface area (Å²) in [6.07, 6.45) is 0. The van der Waals surface area contributed by atoms with Gasteiger partial charge in [0.25, 0.3) is 0 Å². The van der Waals surface area contributed by atoms with E-state index in [0.29, 0.717) is 17.3 Å². The Morgan fingerprint density at radius 1 is 1.26 bits per heavy atom. The molecule has 8 heteroatoms. The van der Waals surface area contributed by atoms with E-state index in [1.807, 2.05) is 13.0 Å². The van der Waals surface area contributed by atoms with Crippen LogP contribution in [0.3, 0.4) is 0 Å². The van der Waals surface area contributed by atoms with Crippen molar-refractivity contribution in [2.45, 2.75) is 6.92 Å². The van der Waals surface area contributed by atoms with E-state index in [1.165, 1.54) is 0 Å². The van der Waals surface area contributed by atoms with Gasteiger partial charge in [-0.15, -0.1) is 0 Å². The van der Waals surface area contributed by atoms with Gasteiger partial charge in [-0.05, 0) is 36.7 Å². The molecule has 0 aliphatic carbocycles. The van der Waals surface area contributed by atoms with E-state index < -0.39 is 0 Å². The lowest BCUT2D eigenvalue weighted by Gasteiger charge is -2.08. The molecule has 2 rings (SSSR count). The number of nitrogens with one attached hydrogen (secondary N) is 1. The van der Waals surface area contributed by atoms with Crippen molar-refractivity contribution < 1.29 is 4.74 Å². The second-order valence-electron chi connectivity index (χ2n) is 3.39. The molecule has 1 heterocycles. The minimum absolute atomic E-state index is 0.0482. The normalized spacial score (nSPS) is 10.3. The summed E-state index contributed by atoms with van der Waals surface area (Å²) in [5.74, 6) is 0.267. The molecule has 100 valence electrons. The maximum atomic E-state index is 6.07. The molecule has 5 nitrogen and oxygen atoms in total. The highest BCUT2D eigenvalue weighted by atomic mass is 79.9. The van der Waals surface area contributed by atoms with E-state index in [2.05, 4.69) is 36.2 Å². The van der Waals surface area contributed by atoms with Crippen molar-refractivity contribution in [3.05, 3.63) is 33.0 Å². The van der Waals surface area contributed by atoms with Gasteiger partial charge in [0.2, 0.25) is 11.2 Å². The molecule has 0 radical (unpaired) electrons. The molecule has 0 aliphatic heterocycles. The molecule has 0 saturated carbocycles. The Bertz CT molecular complexity index is 597. The number of halogens is 3. The third kappa shape index (κ3) is 3.92. The van der Waals surface area contributed by atoms with E-state index in [1.54, 1.807) is 12.1 Å². The summed E-state index contributed by atoms with van der Waals surface area (Å²) in [6.45, 7) is 2.27. The number of benzene rings is 1. The first-order chi connectivity index (χ1) is 9.08. The standard InChI is InChI=1S/C11H9BrCl2N4O/c1-2-19-11-17-9(14)16-10(18-11)15-8-5-6(12)3-4-7(8)13/h3-5H,2H2,1H3,(H,15,16,17,18). The molecular formula is C11H9BrCl2N4O. The van der Waals surface area contributed by atoms with Crippen molar-refractivity contribution in [3.8, 4) is 6.01 Å². The predicted molar refractivity (Wildman–Crippen MR) is 78.4 cm³/mol. The Labute approximate surface area is 128 Å². The number of rotatable bonds is 4. The fourth-order valence-corrected chi connectivity index (χ4v) is 1.97. The highest BCUT2D eigenvalue weighted by Gasteiger charge is 2.08. The fraction of sp³-hybridized carbons (Fsp3) is 0.182. The summed E-state index contributed by atoms with van der Waals surface area (Å²) in [4.78, 5) is 11.9. The zero-order chi connectivity index (χ0) is 13.8. The smallest absolute Gasteiger partial charge is 0.322 e. The van der Waals surface area contributed by atoms with Crippen LogP contribution in [0, 0.1) is 0 Å². The van der Waals surface area contributed by atoms with Gasteiger partial charge in [-0.25, -0.2) is 0 Å². The Balaban J connectivity index is 2.29. The van der Waals surface area contributed by atoms with E-state index in [9.17, 15) is 0 Å². The Kier molecular flexibility index (Phi) is 4.79. The molecule has 0 spiro atoms. The quantitative estimate of drug-likeness (QED) is 0.886. The van der Waals surface area contributed by atoms with Gasteiger partial charge in [-0.3, -0.25) is 0 Å². The number of hydrogen-bond donors (Lipinski definition) is 1. The zero-order valence-corrected chi connectivity index (χ0v) is 12.9. The number of aromatic nitrogens is 3. The Hall–Kier alpha value is -1.11. The summed E-state index contributed by atoms with van der Waals surface area (Å²) in [6, 6.07) is 5.55. The maximum absolute atomic E-state index is 6.07. The molecule has 0 saturated heterocycles. The van der Waals surface area contributed by atoms with Crippen molar-refractivity contribution in [1.29, 1.82) is 0 Å². The zero-order valence-electron chi connectivity index (χ0n) is 9.82. The van der Waals surface area contributed by atoms with Crippen molar-refractivity contribution in [2.24, 2.45) is 0 Å². The molecule has 0 unspecified atom stereocenters. The number of nitrogens with zero attached hydrogens (tertiary/aromatic N) is 3. The highest BCUT2D eigenvalue weighted by Crippen LogP contribution is 2.28. The molecule has 0 bridgehead atoms. The summed E-state index contributed by atoms with van der Waals surface area (Å²) < 4.78 is 6.07. The molecule has 1 aromatic heterocycles. The summed E-state index contributed by atoms with van der Waals surface area (Å²) >= 11 is 15.2. The first-order valence-corrected chi connectivity index (χ1v) is 6.90. The number of anilines is 2. The molecular weight excluding hydrogens is 355 g/mol. The van der Waals surface area contributed by atoms with Crippen LogP contribution in [-0.2, 0) is 0 Å². The average Bonchev–Trinajstić information content (AvgIpc) is 2.33. The lowest BCUT2D eigenvalue weighted by Crippen LogP contribution is -2.04. The van der Waals surface area contributed by atoms with Gasteiger partial charge in [0.15, 0.2) is 0 Å². The second-order valence-corrected chi connectivity index (χ2v) is 5.05. The Morgan fingerprint density at radius 3 is 2.79 bits per heavy atom. The van der Waals surface area contributed by atoms with Gasteiger partial charge in [-0.1, -0.05) is 27.5 Å². The lowest BCUT2D eigenvalue weighted by atomic mass is 10.3. The van der Waals surface area contributed by atoms with Crippen LogP contribution in [0.15, 0.2) is 22.7 Å². The van der Waals surface area contributed by atoms with Gasteiger partial charge in [0.05, 0.1) is 17.3 Å². The molecule has 1 aromatic carbocycles. The van der Waals surface area contributed by atoms with Crippen LogP contribution in [0.4, 0.5) is 11.6 Å². The first-order valence-electron chi connectivity index (χ1n) is 5.35. The molecule has 0 atom stereocenters. The number of hydrogen-bond acceptors (Lipinski definition) is 5. The van der Waals surface area contributed by atoms with Gasteiger partial charge in [-0.2, -0.15) is 15.0 Å². The predicted octanol–water partition coefficient (Wildman–Crippen LogP) is 4.08. The monoisotopic (exact) mass is 362 g/mol. The van der Waals surface area contributed by atoms with Crippen LogP contribution in [0.1, 0.15) is 6.92 Å². The lowest BCUT2D eigenvalue weighted by molar-refractivity contribution is 0.312. The van der Waals surface area contributed by atoms with Crippen molar-refractivity contribution in [2.75, 3.05) is 11.9 Å². The third-order valence-electron chi connectivity index (χ3n) is 2.04. The molecule has 0 amide bonds. The minimum atomic E-state index is 0.0482. The maximum Gasteiger partial charge on any atom is 0.322 e. The van der Waals surface area contributed by atoms with Crippen molar-refractivity contribution >= 4 is 50.8 Å². The SMILES string of the molecule is CCOc1nc(Cl)nc(Nc2cc(Br)ccc2Cl)n1. The van der Waals surface area contributed by atoms with Crippen molar-refractivity contribution in [1.82, 2.24) is 15.0 Å². The van der Waals surface area contributed by atoms with Gasteiger partial charge in [0, 0.05) is 4.47 Å². The summed E-state index contributed by atoms with van der Waals surface area (Å²) in [7, 11) is 0. The van der Waals surface area contributed by atoms with E-state index in [0.717, 1.165) is 4.47 Å². The fourth-order valence-electron chi connectivity index (χ4n) is 1.30. The number of ether oxygens (including phenoxy) is 1. The molecule has 2 aromatic rings. The highest BCUT2D eigenvalue weighted by molar-refractivity contribution is 9.10. The Morgan fingerprint density at radius 2 is 2.05 bits per heavy atom. The third-order valence-corrected chi connectivity index (χ3v) is 3.03. The van der Waals surface area contributed by atoms with Crippen LogP contribution < -0.4 is 10.1 Å². The minimum Gasteiger partial charge on any atom is -0.464 e. The van der Waals surface area contributed by atoms with E-state index in [4.69, 9.17) is 27.9 Å². The second kappa shape index (κ2) is 6.36. The average molecular weight is 364 g/mol. The van der Waals surface area contributed by atoms with E-state index >= 15 is 0 Å². The topological polar surface area (TPSA) is 59.9 Å². The van der Waals surface area contributed by atoms with Crippen LogP contribution in [0.5, 0.6) is 6.01 Å². The summed E-state index contributed by atoms with van der Waals surface area (Å²) in [5.41, 5.74) is 0.653. The van der Waals surface area contributed by atoms with Crippen LogP contribution in [0.25, 0.3) is 0 Å². The molecule has 1 N–H and O–H groups in total. The molecule has 0 fully saturated rings. The largest absolute Gasteiger partial charge is 0.464 e.